The first-order chi connectivity index (χ1) is 10.8. The number of carbonyl (C=O) groups excluding carboxylic acids is 1. The number of carbonyl (C=O) groups is 1. The molecular formula is C19H16N2O. The van der Waals surface area contributed by atoms with Crippen molar-refractivity contribution < 1.29 is 4.79 Å². The maximum atomic E-state index is 12.6. The molecule has 0 unspecified atom stereocenters. The minimum Gasteiger partial charge on any atom is -0.379 e. The van der Waals surface area contributed by atoms with Gasteiger partial charge in [-0.1, -0.05) is 48.5 Å². The second kappa shape index (κ2) is 6.68. The van der Waals surface area contributed by atoms with Gasteiger partial charge in [-0.25, -0.2) is 0 Å². The van der Waals surface area contributed by atoms with Crippen LogP contribution in [0.25, 0.3) is 0 Å². The van der Waals surface area contributed by atoms with Gasteiger partial charge in [0.15, 0.2) is 5.78 Å². The minimum absolute atomic E-state index is 0.0183. The number of nitrogens with zero attached hydrogens (tertiary/aromatic N) is 1. The van der Waals surface area contributed by atoms with Gasteiger partial charge < -0.3 is 5.32 Å². The van der Waals surface area contributed by atoms with Crippen LogP contribution in [0.1, 0.15) is 21.6 Å². The maximum absolute atomic E-state index is 12.6. The summed E-state index contributed by atoms with van der Waals surface area (Å²) in [6.45, 7) is 0.583. The van der Waals surface area contributed by atoms with Gasteiger partial charge in [-0.2, -0.15) is 0 Å². The third kappa shape index (κ3) is 3.20. The Hall–Kier alpha value is -2.94. The van der Waals surface area contributed by atoms with Crippen LogP contribution < -0.4 is 5.32 Å². The predicted octanol–water partition coefficient (Wildman–Crippen LogP) is 3.92. The summed E-state index contributed by atoms with van der Waals surface area (Å²) < 4.78 is 0. The van der Waals surface area contributed by atoms with Gasteiger partial charge in [-0.05, 0) is 24.3 Å². The summed E-state index contributed by atoms with van der Waals surface area (Å²) in [5, 5.41) is 3.30. The van der Waals surface area contributed by atoms with E-state index in [9.17, 15) is 4.79 Å². The summed E-state index contributed by atoms with van der Waals surface area (Å²) in [7, 11) is 0. The third-order valence-corrected chi connectivity index (χ3v) is 3.39. The third-order valence-electron chi connectivity index (χ3n) is 3.39. The maximum Gasteiger partial charge on any atom is 0.195 e. The van der Waals surface area contributed by atoms with Crippen LogP contribution in [0.4, 0.5) is 5.69 Å². The fraction of sp³-hybridized carbons (Fsp3) is 0.0526. The Kier molecular flexibility index (Phi) is 4.25. The van der Waals surface area contributed by atoms with Crippen LogP contribution in [0.2, 0.25) is 0 Å². The molecule has 0 saturated carbocycles. The van der Waals surface area contributed by atoms with Crippen LogP contribution in [0.3, 0.4) is 0 Å². The van der Waals surface area contributed by atoms with Crippen molar-refractivity contribution in [2.75, 3.05) is 5.32 Å². The Balaban J connectivity index is 1.82. The molecule has 0 amide bonds. The summed E-state index contributed by atoms with van der Waals surface area (Å²) in [6.07, 6.45) is 1.76. The summed E-state index contributed by atoms with van der Waals surface area (Å²) in [5.41, 5.74) is 3.12. The lowest BCUT2D eigenvalue weighted by molar-refractivity contribution is 0.103. The fourth-order valence-electron chi connectivity index (χ4n) is 2.27. The largest absolute Gasteiger partial charge is 0.379 e. The molecular weight excluding hydrogens is 272 g/mol. The van der Waals surface area contributed by atoms with Crippen LogP contribution in [-0.2, 0) is 6.54 Å². The number of anilines is 1. The van der Waals surface area contributed by atoms with E-state index in [0.29, 0.717) is 17.7 Å². The number of benzene rings is 2. The molecule has 1 N–H and O–H groups in total. The molecule has 0 bridgehead atoms. The van der Waals surface area contributed by atoms with Gasteiger partial charge in [0.1, 0.15) is 0 Å². The standard InChI is InChI=1S/C19H16N2O/c22-19(15-8-2-1-3-9-15)17-11-4-5-12-18(17)21-14-16-10-6-7-13-20-16/h1-13,21H,14H2. The van der Waals surface area contributed by atoms with Crippen molar-refractivity contribution >= 4 is 11.5 Å². The average molecular weight is 288 g/mol. The highest BCUT2D eigenvalue weighted by Gasteiger charge is 2.12. The van der Waals surface area contributed by atoms with E-state index in [1.807, 2.05) is 72.8 Å². The van der Waals surface area contributed by atoms with Crippen LogP contribution >= 0.6 is 0 Å². The van der Waals surface area contributed by atoms with Gasteiger partial charge in [0.25, 0.3) is 0 Å². The molecule has 0 aliphatic heterocycles. The molecule has 108 valence electrons. The Bertz CT molecular complexity index is 755. The van der Waals surface area contributed by atoms with Crippen LogP contribution in [-0.4, -0.2) is 10.8 Å². The zero-order valence-electron chi connectivity index (χ0n) is 12.1. The smallest absolute Gasteiger partial charge is 0.195 e. The van der Waals surface area contributed by atoms with Crippen molar-refractivity contribution in [3.63, 3.8) is 0 Å². The Morgan fingerprint density at radius 1 is 0.864 bits per heavy atom. The highest BCUT2D eigenvalue weighted by Crippen LogP contribution is 2.19. The van der Waals surface area contributed by atoms with E-state index in [0.717, 1.165) is 11.4 Å². The number of rotatable bonds is 5. The van der Waals surface area contributed by atoms with Crippen LogP contribution in [0, 0.1) is 0 Å². The van der Waals surface area contributed by atoms with Gasteiger partial charge in [0.2, 0.25) is 0 Å². The number of nitrogens with one attached hydrogen (secondary N) is 1. The number of hydrogen-bond acceptors (Lipinski definition) is 3. The Labute approximate surface area is 129 Å². The van der Waals surface area contributed by atoms with Gasteiger partial charge in [-0.3, -0.25) is 9.78 Å². The van der Waals surface area contributed by atoms with Crippen molar-refractivity contribution in [2.24, 2.45) is 0 Å². The van der Waals surface area contributed by atoms with Crippen molar-refractivity contribution in [1.82, 2.24) is 4.98 Å². The quantitative estimate of drug-likeness (QED) is 0.723. The van der Waals surface area contributed by atoms with E-state index < -0.39 is 0 Å². The van der Waals surface area contributed by atoms with E-state index in [-0.39, 0.29) is 5.78 Å². The highest BCUT2D eigenvalue weighted by molar-refractivity contribution is 6.12. The van der Waals surface area contributed by atoms with Crippen molar-refractivity contribution in [2.45, 2.75) is 6.54 Å². The lowest BCUT2D eigenvalue weighted by atomic mass is 10.0. The molecule has 3 aromatic rings. The average Bonchev–Trinajstić information content (AvgIpc) is 2.61. The molecule has 0 atom stereocenters. The number of ketones is 1. The van der Waals surface area contributed by atoms with Crippen molar-refractivity contribution in [1.29, 1.82) is 0 Å². The topological polar surface area (TPSA) is 42.0 Å². The number of hydrogen-bond donors (Lipinski definition) is 1. The first-order valence-corrected chi connectivity index (χ1v) is 7.17. The van der Waals surface area contributed by atoms with Crippen molar-refractivity contribution in [3.8, 4) is 0 Å². The number of para-hydroxylation sites is 1. The zero-order valence-corrected chi connectivity index (χ0v) is 12.1. The molecule has 3 heteroatoms. The van der Waals surface area contributed by atoms with Crippen LogP contribution in [0.5, 0.6) is 0 Å². The molecule has 22 heavy (non-hydrogen) atoms. The number of aromatic nitrogens is 1. The van der Waals surface area contributed by atoms with E-state index in [4.69, 9.17) is 0 Å². The molecule has 0 aliphatic carbocycles. The second-order valence-corrected chi connectivity index (χ2v) is 4.92. The molecule has 0 fully saturated rings. The summed E-state index contributed by atoms with van der Waals surface area (Å²) in [4.78, 5) is 16.9. The summed E-state index contributed by atoms with van der Waals surface area (Å²) >= 11 is 0. The highest BCUT2D eigenvalue weighted by atomic mass is 16.1. The fourth-order valence-corrected chi connectivity index (χ4v) is 2.27. The lowest BCUT2D eigenvalue weighted by Gasteiger charge is -2.11. The molecule has 1 aromatic heterocycles. The van der Waals surface area contributed by atoms with Gasteiger partial charge in [0, 0.05) is 23.0 Å². The normalized spacial score (nSPS) is 10.2. The first kappa shape index (κ1) is 14.0. The molecule has 0 saturated heterocycles. The predicted molar refractivity (Wildman–Crippen MR) is 87.9 cm³/mol. The van der Waals surface area contributed by atoms with E-state index in [1.54, 1.807) is 6.20 Å². The molecule has 3 nitrogen and oxygen atoms in total. The molecule has 2 aromatic carbocycles. The summed E-state index contributed by atoms with van der Waals surface area (Å²) in [6, 6.07) is 22.7. The Morgan fingerprint density at radius 3 is 2.36 bits per heavy atom. The van der Waals surface area contributed by atoms with E-state index >= 15 is 0 Å². The van der Waals surface area contributed by atoms with Crippen molar-refractivity contribution in [3.05, 3.63) is 95.8 Å². The van der Waals surface area contributed by atoms with Gasteiger partial charge >= 0.3 is 0 Å². The molecule has 3 rings (SSSR count). The van der Waals surface area contributed by atoms with E-state index in [1.165, 1.54) is 0 Å². The second-order valence-electron chi connectivity index (χ2n) is 4.92. The number of pyridine rings is 1. The molecule has 1 heterocycles. The molecule has 0 spiro atoms. The molecule has 0 aliphatic rings. The first-order valence-electron chi connectivity index (χ1n) is 7.17. The van der Waals surface area contributed by atoms with Crippen LogP contribution in [0.15, 0.2) is 79.0 Å². The minimum atomic E-state index is 0.0183. The summed E-state index contributed by atoms with van der Waals surface area (Å²) in [5.74, 6) is 0.0183. The van der Waals surface area contributed by atoms with E-state index in [2.05, 4.69) is 10.3 Å². The Morgan fingerprint density at radius 2 is 1.59 bits per heavy atom. The van der Waals surface area contributed by atoms with Gasteiger partial charge in [-0.15, -0.1) is 0 Å². The zero-order chi connectivity index (χ0) is 15.2. The monoisotopic (exact) mass is 288 g/mol. The SMILES string of the molecule is O=C(c1ccccc1)c1ccccc1NCc1ccccn1. The van der Waals surface area contributed by atoms with Gasteiger partial charge in [0.05, 0.1) is 12.2 Å². The lowest BCUT2D eigenvalue weighted by Crippen LogP contribution is -2.08. The molecule has 0 radical (unpaired) electrons.